The monoisotopic (exact) mass is 488 g/mol. The number of nitrogens with zero attached hydrogens (tertiary/aromatic N) is 4. The summed E-state index contributed by atoms with van der Waals surface area (Å²) >= 11 is 0. The average molecular weight is 489 g/mol. The maximum Gasteiger partial charge on any atom is 0.143 e. The Morgan fingerprint density at radius 2 is 1.37 bits per heavy atom. The zero-order chi connectivity index (χ0) is 25.6. The molecule has 0 amide bonds. The molecule has 0 unspecified atom stereocenters. The van der Waals surface area contributed by atoms with Crippen molar-refractivity contribution in [3.05, 3.63) is 114 Å². The highest BCUT2D eigenvalue weighted by molar-refractivity contribution is 6.06. The Morgan fingerprint density at radius 3 is 2.08 bits per heavy atom. The van der Waals surface area contributed by atoms with Crippen molar-refractivity contribution in [1.82, 2.24) is 9.55 Å². The zero-order valence-electron chi connectivity index (χ0n) is 20.3. The van der Waals surface area contributed by atoms with Crippen molar-refractivity contribution < 1.29 is 4.74 Å². The molecule has 5 heteroatoms. The quantitative estimate of drug-likeness (QED) is 0.254. The first-order valence-electron chi connectivity index (χ1n) is 12.4. The van der Waals surface area contributed by atoms with E-state index >= 15 is 0 Å². The van der Waals surface area contributed by atoms with Crippen molar-refractivity contribution >= 4 is 21.8 Å². The number of nitriles is 2. The van der Waals surface area contributed by atoms with E-state index in [1.165, 1.54) is 0 Å². The Kier molecular flexibility index (Phi) is 5.04. The minimum Gasteiger partial charge on any atom is -0.356 e. The summed E-state index contributed by atoms with van der Waals surface area (Å²) in [5.41, 5.74) is 9.00. The van der Waals surface area contributed by atoms with Crippen molar-refractivity contribution in [3.63, 3.8) is 0 Å². The first-order valence-corrected chi connectivity index (χ1v) is 12.4. The third-order valence-electron chi connectivity index (χ3n) is 7.24. The molecular formula is C33H20N4O. The summed E-state index contributed by atoms with van der Waals surface area (Å²) in [7, 11) is 0. The molecule has 0 saturated heterocycles. The lowest BCUT2D eigenvalue weighted by atomic mass is 9.92. The normalized spacial score (nSPS) is 12.4. The highest BCUT2D eigenvalue weighted by Crippen LogP contribution is 2.41. The zero-order valence-corrected chi connectivity index (χ0v) is 20.3. The van der Waals surface area contributed by atoms with Gasteiger partial charge in [-0.25, -0.2) is 4.98 Å². The van der Waals surface area contributed by atoms with Crippen LogP contribution in [0.4, 0.5) is 0 Å². The molecule has 0 N–H and O–H groups in total. The van der Waals surface area contributed by atoms with Gasteiger partial charge in [-0.05, 0) is 52.6 Å². The van der Waals surface area contributed by atoms with Gasteiger partial charge in [0, 0.05) is 21.9 Å². The maximum atomic E-state index is 9.85. The van der Waals surface area contributed by atoms with Gasteiger partial charge in [-0.3, -0.25) is 4.57 Å². The summed E-state index contributed by atoms with van der Waals surface area (Å²) < 4.78 is 8.34. The van der Waals surface area contributed by atoms with Crippen LogP contribution >= 0.6 is 0 Å². The molecule has 0 spiro atoms. The van der Waals surface area contributed by atoms with Crippen LogP contribution < -0.4 is 0 Å². The lowest BCUT2D eigenvalue weighted by molar-refractivity contribution is 0.0675. The molecule has 5 aromatic carbocycles. The number of hydrogen-bond acceptors (Lipinski definition) is 4. The van der Waals surface area contributed by atoms with Crippen molar-refractivity contribution in [2.45, 2.75) is 13.3 Å². The van der Waals surface area contributed by atoms with Gasteiger partial charge in [-0.2, -0.15) is 10.5 Å². The minimum absolute atomic E-state index is 0.331. The smallest absolute Gasteiger partial charge is 0.143 e. The predicted octanol–water partition coefficient (Wildman–Crippen LogP) is 7.42. The number of aromatic nitrogens is 2. The van der Waals surface area contributed by atoms with Crippen molar-refractivity contribution in [2.24, 2.45) is 0 Å². The Bertz CT molecular complexity index is 1940. The molecule has 6 aromatic rings. The fraction of sp³-hybridized carbons (Fsp3) is 0.0606. The van der Waals surface area contributed by atoms with E-state index in [4.69, 9.17) is 9.72 Å². The molecule has 7 rings (SSSR count). The van der Waals surface area contributed by atoms with Crippen LogP contribution in [0, 0.1) is 22.7 Å². The van der Waals surface area contributed by atoms with Crippen LogP contribution in [0.2, 0.25) is 0 Å². The lowest BCUT2D eigenvalue weighted by Gasteiger charge is -2.20. The first-order chi connectivity index (χ1) is 18.8. The van der Waals surface area contributed by atoms with Crippen LogP contribution in [0.5, 0.6) is 0 Å². The summed E-state index contributed by atoms with van der Waals surface area (Å²) in [4.78, 5) is 5.18. The molecule has 0 saturated carbocycles. The van der Waals surface area contributed by atoms with Gasteiger partial charge in [0.05, 0.1) is 40.9 Å². The van der Waals surface area contributed by atoms with Crippen molar-refractivity contribution in [3.8, 4) is 45.8 Å². The van der Waals surface area contributed by atoms with E-state index in [1.54, 1.807) is 12.1 Å². The third kappa shape index (κ3) is 3.31. The second-order valence-electron chi connectivity index (χ2n) is 9.37. The van der Waals surface area contributed by atoms with Gasteiger partial charge < -0.3 is 4.74 Å². The van der Waals surface area contributed by atoms with Gasteiger partial charge >= 0.3 is 0 Å². The van der Waals surface area contributed by atoms with Gasteiger partial charge in [0.1, 0.15) is 12.6 Å². The average Bonchev–Trinajstić information content (AvgIpc) is 3.33. The largest absolute Gasteiger partial charge is 0.356 e. The Labute approximate surface area is 219 Å². The van der Waals surface area contributed by atoms with E-state index < -0.39 is 0 Å². The van der Waals surface area contributed by atoms with Crippen molar-refractivity contribution in [1.29, 1.82) is 10.5 Å². The first kappa shape index (κ1) is 22.0. The van der Waals surface area contributed by atoms with Crippen LogP contribution in [0.25, 0.3) is 55.4 Å². The van der Waals surface area contributed by atoms with Crippen LogP contribution in [0.15, 0.2) is 97.1 Å². The van der Waals surface area contributed by atoms with Gasteiger partial charge in [0.15, 0.2) is 0 Å². The highest BCUT2D eigenvalue weighted by Gasteiger charge is 2.24. The molecule has 5 nitrogen and oxygen atoms in total. The molecule has 2 heterocycles. The number of fused-ring (bicyclic) bond motifs is 4. The topological polar surface area (TPSA) is 74.6 Å². The van der Waals surface area contributed by atoms with Crippen LogP contribution in [-0.2, 0) is 18.1 Å². The number of rotatable bonds is 2. The minimum atomic E-state index is 0.331. The van der Waals surface area contributed by atoms with Gasteiger partial charge in [-0.15, -0.1) is 0 Å². The van der Waals surface area contributed by atoms with Crippen molar-refractivity contribution in [2.75, 3.05) is 0 Å². The summed E-state index contributed by atoms with van der Waals surface area (Å²) in [5, 5.41) is 21.2. The van der Waals surface area contributed by atoms with E-state index in [0.717, 1.165) is 55.6 Å². The maximum absolute atomic E-state index is 9.85. The molecule has 1 aliphatic heterocycles. The second kappa shape index (κ2) is 8.71. The predicted molar refractivity (Wildman–Crippen MR) is 148 cm³/mol. The fourth-order valence-electron chi connectivity index (χ4n) is 5.54. The van der Waals surface area contributed by atoms with E-state index in [2.05, 4.69) is 53.1 Å². The summed E-state index contributed by atoms with van der Waals surface area (Å²) in [5.74, 6) is 0.757. The second-order valence-corrected chi connectivity index (χ2v) is 9.37. The standard InChI is InChI=1S/C33H20N4O/c34-17-23-11-12-25-19-38-20-37-32-28(22-9-5-2-6-10-22)15-26(21-7-3-1-4-8-21)16-29(32)36-33(37)27-14-13-24(18-35)30(23)31(25)27/h1-16H,19-20H2. The number of benzene rings is 5. The third-order valence-corrected chi connectivity index (χ3v) is 7.24. The molecule has 0 fully saturated rings. The Balaban J connectivity index is 1.61. The summed E-state index contributed by atoms with van der Waals surface area (Å²) in [6.07, 6.45) is 0. The molecule has 1 aromatic heterocycles. The number of imidazole rings is 1. The fourth-order valence-corrected chi connectivity index (χ4v) is 5.54. The molecule has 0 aliphatic carbocycles. The van der Waals surface area contributed by atoms with E-state index in [-0.39, 0.29) is 0 Å². The molecule has 0 bridgehead atoms. The SMILES string of the molecule is N#Cc1ccc2c3c(ccc(C#N)c13)-c1nc3cc(-c4ccccc4)cc(-c4ccccc4)c3n1COC2. The summed E-state index contributed by atoms with van der Waals surface area (Å²) in [6.45, 7) is 0.698. The Morgan fingerprint density at radius 1 is 0.684 bits per heavy atom. The molecule has 178 valence electrons. The molecular weight excluding hydrogens is 468 g/mol. The van der Waals surface area contributed by atoms with Gasteiger partial charge in [0.2, 0.25) is 0 Å². The van der Waals surface area contributed by atoms with E-state index in [1.807, 2.05) is 48.5 Å². The van der Waals surface area contributed by atoms with Gasteiger partial charge in [-0.1, -0.05) is 66.7 Å². The summed E-state index contributed by atoms with van der Waals surface area (Å²) in [6, 6.07) is 37.0. The lowest BCUT2D eigenvalue weighted by Crippen LogP contribution is -2.09. The number of ether oxygens (including phenoxy) is 1. The molecule has 38 heavy (non-hydrogen) atoms. The van der Waals surface area contributed by atoms with Crippen LogP contribution in [-0.4, -0.2) is 9.55 Å². The highest BCUT2D eigenvalue weighted by atomic mass is 16.5. The molecule has 1 aliphatic rings. The van der Waals surface area contributed by atoms with Crippen LogP contribution in [0.3, 0.4) is 0 Å². The molecule has 0 atom stereocenters. The van der Waals surface area contributed by atoms with E-state index in [9.17, 15) is 10.5 Å². The molecule has 0 radical (unpaired) electrons. The van der Waals surface area contributed by atoms with Gasteiger partial charge in [0.25, 0.3) is 0 Å². The van der Waals surface area contributed by atoms with E-state index in [0.29, 0.717) is 29.9 Å². The number of hydrogen-bond donors (Lipinski definition) is 0. The Hall–Kier alpha value is -5.23. The van der Waals surface area contributed by atoms with Crippen LogP contribution in [0.1, 0.15) is 16.7 Å².